The zero-order chi connectivity index (χ0) is 19.7. The van der Waals surface area contributed by atoms with E-state index >= 15 is 0 Å². The number of ether oxygens (including phenoxy) is 1. The topological polar surface area (TPSA) is 46.6 Å². The van der Waals surface area contributed by atoms with Crippen LogP contribution in [0.5, 0.6) is 5.75 Å². The minimum Gasteiger partial charge on any atom is -0.492 e. The maximum atomic E-state index is 12.9. The lowest BCUT2D eigenvalue weighted by Gasteiger charge is -2.33. The Morgan fingerprint density at radius 3 is 2.64 bits per heavy atom. The summed E-state index contributed by atoms with van der Waals surface area (Å²) >= 11 is 0. The van der Waals surface area contributed by atoms with Crippen molar-refractivity contribution in [1.29, 1.82) is 0 Å². The van der Waals surface area contributed by atoms with Crippen molar-refractivity contribution < 1.29 is 13.2 Å². The van der Waals surface area contributed by atoms with Crippen molar-refractivity contribution in [2.24, 2.45) is 5.92 Å². The summed E-state index contributed by atoms with van der Waals surface area (Å²) in [4.78, 5) is 3.19. The van der Waals surface area contributed by atoms with Crippen molar-refractivity contribution in [3.05, 3.63) is 54.1 Å². The summed E-state index contributed by atoms with van der Waals surface area (Å²) in [6.07, 6.45) is 3.60. The number of hydrogen-bond acceptors (Lipinski definition) is 4. The maximum Gasteiger partial charge on any atom is 0.206 e. The van der Waals surface area contributed by atoms with Crippen LogP contribution in [-0.4, -0.2) is 39.1 Å². The van der Waals surface area contributed by atoms with Crippen LogP contribution in [0.25, 0.3) is 0 Å². The molecule has 2 unspecified atom stereocenters. The van der Waals surface area contributed by atoms with Crippen molar-refractivity contribution >= 4 is 9.84 Å². The molecule has 2 heterocycles. The van der Waals surface area contributed by atoms with Crippen LogP contribution in [0.15, 0.2) is 58.3 Å². The fourth-order valence-corrected chi connectivity index (χ4v) is 5.80. The summed E-state index contributed by atoms with van der Waals surface area (Å²) in [6, 6.07) is 14.4. The standard InChI is InChI=1S/C23H29NO3S/c1-17(2)7-6-13-24-14-12-20-21-11-10-19(15-23(21)27-16-22(20)24)28(25,26)18-8-4-3-5-9-18/h3-5,8-11,15,17,20,22H,6-7,12-14,16H2,1-2H3. The van der Waals surface area contributed by atoms with Gasteiger partial charge in [-0.1, -0.05) is 38.1 Å². The molecule has 2 aromatic rings. The summed E-state index contributed by atoms with van der Waals surface area (Å²) in [5.41, 5.74) is 1.16. The summed E-state index contributed by atoms with van der Waals surface area (Å²) in [5, 5.41) is 0. The first-order valence-electron chi connectivity index (χ1n) is 10.3. The molecule has 28 heavy (non-hydrogen) atoms. The lowest BCUT2D eigenvalue weighted by Crippen LogP contribution is -2.40. The van der Waals surface area contributed by atoms with Gasteiger partial charge in [0.25, 0.3) is 0 Å². The van der Waals surface area contributed by atoms with Gasteiger partial charge in [0.05, 0.1) is 15.8 Å². The van der Waals surface area contributed by atoms with Crippen molar-refractivity contribution in [3.8, 4) is 5.75 Å². The van der Waals surface area contributed by atoms with E-state index in [9.17, 15) is 8.42 Å². The zero-order valence-corrected chi connectivity index (χ0v) is 17.5. The van der Waals surface area contributed by atoms with Crippen molar-refractivity contribution in [2.75, 3.05) is 19.7 Å². The third kappa shape index (κ3) is 3.70. The lowest BCUT2D eigenvalue weighted by molar-refractivity contribution is 0.144. The molecule has 0 amide bonds. The monoisotopic (exact) mass is 399 g/mol. The predicted molar refractivity (Wildman–Crippen MR) is 111 cm³/mol. The molecular weight excluding hydrogens is 370 g/mol. The molecule has 4 rings (SSSR count). The predicted octanol–water partition coefficient (Wildman–Crippen LogP) is 4.51. The molecular formula is C23H29NO3S. The van der Waals surface area contributed by atoms with E-state index in [1.807, 2.05) is 12.1 Å². The van der Waals surface area contributed by atoms with Crippen LogP contribution in [0.4, 0.5) is 0 Å². The largest absolute Gasteiger partial charge is 0.492 e. The first-order chi connectivity index (χ1) is 13.5. The van der Waals surface area contributed by atoms with Gasteiger partial charge in [-0.25, -0.2) is 8.42 Å². The van der Waals surface area contributed by atoms with Gasteiger partial charge >= 0.3 is 0 Å². The molecule has 0 saturated carbocycles. The molecule has 2 aliphatic rings. The Bertz CT molecular complexity index is 924. The number of fused-ring (bicyclic) bond motifs is 3. The SMILES string of the molecule is CC(C)CCCN1CCC2c3ccc(S(=O)(=O)c4ccccc4)cc3OCC21. The number of benzene rings is 2. The highest BCUT2D eigenvalue weighted by Crippen LogP contribution is 2.43. The Morgan fingerprint density at radius 2 is 1.89 bits per heavy atom. The fourth-order valence-electron chi connectivity index (χ4n) is 4.51. The highest BCUT2D eigenvalue weighted by Gasteiger charge is 2.40. The Balaban J connectivity index is 1.54. The van der Waals surface area contributed by atoms with Crippen molar-refractivity contribution in [3.63, 3.8) is 0 Å². The zero-order valence-electron chi connectivity index (χ0n) is 16.7. The third-order valence-electron chi connectivity index (χ3n) is 6.05. The molecule has 0 radical (unpaired) electrons. The number of nitrogens with zero attached hydrogens (tertiary/aromatic N) is 1. The van der Waals surface area contributed by atoms with Crippen molar-refractivity contribution in [2.45, 2.75) is 54.9 Å². The highest BCUT2D eigenvalue weighted by molar-refractivity contribution is 7.91. The first-order valence-corrected chi connectivity index (χ1v) is 11.8. The van der Waals surface area contributed by atoms with Crippen LogP contribution in [0, 0.1) is 5.92 Å². The average Bonchev–Trinajstić information content (AvgIpc) is 3.11. The third-order valence-corrected chi connectivity index (χ3v) is 7.81. The van der Waals surface area contributed by atoms with Gasteiger partial charge < -0.3 is 4.74 Å². The van der Waals surface area contributed by atoms with Gasteiger partial charge in [0.2, 0.25) is 9.84 Å². The molecule has 150 valence electrons. The van der Waals surface area contributed by atoms with E-state index < -0.39 is 9.84 Å². The van der Waals surface area contributed by atoms with Gasteiger partial charge in [0.1, 0.15) is 12.4 Å². The molecule has 2 aromatic carbocycles. The average molecular weight is 400 g/mol. The Labute approximate surface area is 168 Å². The molecule has 1 fully saturated rings. The Hall–Kier alpha value is -1.85. The van der Waals surface area contributed by atoms with E-state index in [2.05, 4.69) is 18.7 Å². The van der Waals surface area contributed by atoms with Gasteiger partial charge in [0, 0.05) is 5.92 Å². The molecule has 0 aliphatic carbocycles. The highest BCUT2D eigenvalue weighted by atomic mass is 32.2. The molecule has 0 bridgehead atoms. The molecule has 2 aliphatic heterocycles. The second-order valence-corrected chi connectivity index (χ2v) is 10.3. The Morgan fingerprint density at radius 1 is 1.11 bits per heavy atom. The van der Waals surface area contributed by atoms with Gasteiger partial charge in [-0.15, -0.1) is 0 Å². The quantitative estimate of drug-likeness (QED) is 0.717. The van der Waals surface area contributed by atoms with Crippen LogP contribution in [0.1, 0.15) is 44.6 Å². The minimum atomic E-state index is -3.52. The first kappa shape index (κ1) is 19.5. The molecule has 5 heteroatoms. The smallest absolute Gasteiger partial charge is 0.206 e. The van der Waals surface area contributed by atoms with E-state index in [0.717, 1.165) is 36.7 Å². The molecule has 0 spiro atoms. The molecule has 4 nitrogen and oxygen atoms in total. The van der Waals surface area contributed by atoms with E-state index in [0.29, 0.717) is 28.4 Å². The van der Waals surface area contributed by atoms with E-state index in [1.54, 1.807) is 36.4 Å². The molecule has 2 atom stereocenters. The normalized spacial score (nSPS) is 22.0. The second kappa shape index (κ2) is 7.88. The Kier molecular flexibility index (Phi) is 5.48. The number of sulfone groups is 1. The lowest BCUT2D eigenvalue weighted by atomic mass is 9.89. The summed E-state index contributed by atoms with van der Waals surface area (Å²) in [7, 11) is -3.52. The summed E-state index contributed by atoms with van der Waals surface area (Å²) < 4.78 is 31.9. The van der Waals surface area contributed by atoms with Crippen molar-refractivity contribution in [1.82, 2.24) is 4.90 Å². The van der Waals surface area contributed by atoms with Crippen LogP contribution in [-0.2, 0) is 9.84 Å². The molecule has 0 N–H and O–H groups in total. The minimum absolute atomic E-state index is 0.308. The number of hydrogen-bond donors (Lipinski definition) is 0. The number of rotatable bonds is 6. The van der Waals surface area contributed by atoms with E-state index in [4.69, 9.17) is 4.74 Å². The van der Waals surface area contributed by atoms with Crippen LogP contribution < -0.4 is 4.74 Å². The van der Waals surface area contributed by atoms with Crippen LogP contribution in [0.3, 0.4) is 0 Å². The fraction of sp³-hybridized carbons (Fsp3) is 0.478. The van der Waals surface area contributed by atoms with E-state index in [-0.39, 0.29) is 0 Å². The molecule has 0 aromatic heterocycles. The van der Waals surface area contributed by atoms with Gasteiger partial charge in [-0.2, -0.15) is 0 Å². The molecule has 1 saturated heterocycles. The van der Waals surface area contributed by atoms with Gasteiger partial charge in [-0.05, 0) is 68.1 Å². The van der Waals surface area contributed by atoms with Crippen LogP contribution >= 0.6 is 0 Å². The summed E-state index contributed by atoms with van der Waals surface area (Å²) in [5.74, 6) is 1.92. The summed E-state index contributed by atoms with van der Waals surface area (Å²) in [6.45, 7) is 7.41. The second-order valence-electron chi connectivity index (χ2n) is 8.36. The maximum absolute atomic E-state index is 12.9. The van der Waals surface area contributed by atoms with Gasteiger partial charge in [0.15, 0.2) is 0 Å². The van der Waals surface area contributed by atoms with Crippen LogP contribution in [0.2, 0.25) is 0 Å². The number of likely N-dealkylation sites (tertiary alicyclic amines) is 1. The van der Waals surface area contributed by atoms with E-state index in [1.165, 1.54) is 12.8 Å². The van der Waals surface area contributed by atoms with Gasteiger partial charge in [-0.3, -0.25) is 4.90 Å².